The van der Waals surface area contributed by atoms with Gasteiger partial charge >= 0.3 is 6.03 Å². The van der Waals surface area contributed by atoms with Crippen LogP contribution in [0.2, 0.25) is 0 Å². The molecule has 1 saturated heterocycles. The van der Waals surface area contributed by atoms with Crippen molar-refractivity contribution in [2.75, 3.05) is 25.0 Å². The SMILES string of the molecule is Cc1ccc(NC(=O)N2CCCC(CO)C2)cc1C. The molecule has 1 aromatic rings. The molecule has 0 aliphatic carbocycles. The van der Waals surface area contributed by atoms with E-state index in [1.165, 1.54) is 11.1 Å². The summed E-state index contributed by atoms with van der Waals surface area (Å²) in [5.41, 5.74) is 3.22. The first-order chi connectivity index (χ1) is 9.10. The maximum Gasteiger partial charge on any atom is 0.321 e. The van der Waals surface area contributed by atoms with E-state index in [-0.39, 0.29) is 18.6 Å². The Kier molecular flexibility index (Phi) is 4.43. The van der Waals surface area contributed by atoms with Crippen molar-refractivity contribution in [3.05, 3.63) is 29.3 Å². The number of urea groups is 1. The average Bonchev–Trinajstić information content (AvgIpc) is 2.43. The molecule has 0 spiro atoms. The molecular formula is C15H22N2O2. The van der Waals surface area contributed by atoms with Crippen LogP contribution in [0.4, 0.5) is 10.5 Å². The van der Waals surface area contributed by atoms with Crippen molar-refractivity contribution in [3.8, 4) is 0 Å². The molecule has 19 heavy (non-hydrogen) atoms. The van der Waals surface area contributed by atoms with Crippen LogP contribution < -0.4 is 5.32 Å². The van der Waals surface area contributed by atoms with Crippen LogP contribution in [0, 0.1) is 19.8 Å². The van der Waals surface area contributed by atoms with E-state index in [0.29, 0.717) is 6.54 Å². The molecule has 1 aromatic carbocycles. The molecule has 0 radical (unpaired) electrons. The third-order valence-electron chi connectivity index (χ3n) is 3.82. The molecule has 0 bridgehead atoms. The summed E-state index contributed by atoms with van der Waals surface area (Å²) >= 11 is 0. The molecule has 1 atom stereocenters. The number of aryl methyl sites for hydroxylation is 2. The number of piperidine rings is 1. The molecule has 4 nitrogen and oxygen atoms in total. The largest absolute Gasteiger partial charge is 0.396 e. The summed E-state index contributed by atoms with van der Waals surface area (Å²) in [7, 11) is 0. The van der Waals surface area contributed by atoms with Gasteiger partial charge in [0.1, 0.15) is 0 Å². The lowest BCUT2D eigenvalue weighted by Gasteiger charge is -2.31. The van der Waals surface area contributed by atoms with E-state index in [1.54, 1.807) is 4.90 Å². The third kappa shape index (κ3) is 3.47. The van der Waals surface area contributed by atoms with Gasteiger partial charge in [-0.05, 0) is 55.9 Å². The quantitative estimate of drug-likeness (QED) is 0.860. The molecule has 1 fully saturated rings. The van der Waals surface area contributed by atoms with Gasteiger partial charge in [-0.25, -0.2) is 4.79 Å². The number of carbonyl (C=O) groups is 1. The van der Waals surface area contributed by atoms with E-state index in [9.17, 15) is 9.90 Å². The van der Waals surface area contributed by atoms with Crippen LogP contribution in [0.1, 0.15) is 24.0 Å². The molecule has 4 heteroatoms. The van der Waals surface area contributed by atoms with E-state index in [2.05, 4.69) is 12.2 Å². The molecule has 1 aliphatic heterocycles. The summed E-state index contributed by atoms with van der Waals surface area (Å²) in [6.45, 7) is 5.67. The Morgan fingerprint density at radius 3 is 2.89 bits per heavy atom. The number of carbonyl (C=O) groups excluding carboxylic acids is 1. The van der Waals surface area contributed by atoms with E-state index in [1.807, 2.05) is 25.1 Å². The summed E-state index contributed by atoms with van der Waals surface area (Å²) in [5.74, 6) is 0.222. The van der Waals surface area contributed by atoms with Gasteiger partial charge in [0, 0.05) is 25.4 Å². The number of likely N-dealkylation sites (tertiary alicyclic amines) is 1. The summed E-state index contributed by atoms with van der Waals surface area (Å²) < 4.78 is 0. The molecule has 0 aromatic heterocycles. The summed E-state index contributed by atoms with van der Waals surface area (Å²) in [5, 5.41) is 12.1. The predicted octanol–water partition coefficient (Wildman–Crippen LogP) is 2.54. The van der Waals surface area contributed by atoms with E-state index in [4.69, 9.17) is 0 Å². The number of hydrogen-bond acceptors (Lipinski definition) is 2. The second kappa shape index (κ2) is 6.06. The minimum Gasteiger partial charge on any atom is -0.396 e. The van der Waals surface area contributed by atoms with Crippen molar-refractivity contribution in [1.29, 1.82) is 0 Å². The van der Waals surface area contributed by atoms with Gasteiger partial charge in [-0.2, -0.15) is 0 Å². The minimum atomic E-state index is -0.0681. The Bertz CT molecular complexity index is 459. The molecule has 0 saturated carbocycles. The van der Waals surface area contributed by atoms with Crippen LogP contribution in [0.5, 0.6) is 0 Å². The maximum atomic E-state index is 12.2. The van der Waals surface area contributed by atoms with Gasteiger partial charge in [0.15, 0.2) is 0 Å². The van der Waals surface area contributed by atoms with Crippen LogP contribution in [0.15, 0.2) is 18.2 Å². The number of nitrogens with zero attached hydrogens (tertiary/aromatic N) is 1. The lowest BCUT2D eigenvalue weighted by molar-refractivity contribution is 0.136. The van der Waals surface area contributed by atoms with Crippen LogP contribution in [-0.2, 0) is 0 Å². The molecule has 1 heterocycles. The molecule has 104 valence electrons. The number of aliphatic hydroxyl groups excluding tert-OH is 1. The zero-order valence-electron chi connectivity index (χ0n) is 11.6. The van der Waals surface area contributed by atoms with Crippen LogP contribution in [0.25, 0.3) is 0 Å². The molecule has 1 unspecified atom stereocenters. The van der Waals surface area contributed by atoms with Crippen LogP contribution in [0.3, 0.4) is 0 Å². The second-order valence-corrected chi connectivity index (χ2v) is 5.37. The molecule has 1 aliphatic rings. The molecule has 2 rings (SSSR count). The zero-order chi connectivity index (χ0) is 13.8. The standard InChI is InChI=1S/C15H22N2O2/c1-11-5-6-14(8-12(11)2)16-15(19)17-7-3-4-13(9-17)10-18/h5-6,8,13,18H,3-4,7,9-10H2,1-2H3,(H,16,19). The van der Waals surface area contributed by atoms with E-state index < -0.39 is 0 Å². The van der Waals surface area contributed by atoms with Crippen molar-refractivity contribution in [2.45, 2.75) is 26.7 Å². The number of hydrogen-bond donors (Lipinski definition) is 2. The highest BCUT2D eigenvalue weighted by atomic mass is 16.3. The smallest absolute Gasteiger partial charge is 0.321 e. The number of benzene rings is 1. The molecular weight excluding hydrogens is 240 g/mol. The van der Waals surface area contributed by atoms with Crippen molar-refractivity contribution in [2.24, 2.45) is 5.92 Å². The lowest BCUT2D eigenvalue weighted by atomic mass is 9.99. The second-order valence-electron chi connectivity index (χ2n) is 5.37. The fourth-order valence-electron chi connectivity index (χ4n) is 2.42. The Hall–Kier alpha value is -1.55. The van der Waals surface area contributed by atoms with Gasteiger partial charge in [-0.15, -0.1) is 0 Å². The van der Waals surface area contributed by atoms with Gasteiger partial charge in [-0.1, -0.05) is 6.07 Å². The number of rotatable bonds is 2. The van der Waals surface area contributed by atoms with Gasteiger partial charge in [-0.3, -0.25) is 0 Å². The highest BCUT2D eigenvalue weighted by Gasteiger charge is 2.23. The first-order valence-corrected chi connectivity index (χ1v) is 6.84. The van der Waals surface area contributed by atoms with Crippen molar-refractivity contribution < 1.29 is 9.90 Å². The van der Waals surface area contributed by atoms with Gasteiger partial charge < -0.3 is 15.3 Å². The zero-order valence-corrected chi connectivity index (χ0v) is 11.6. The number of nitrogens with one attached hydrogen (secondary N) is 1. The first-order valence-electron chi connectivity index (χ1n) is 6.84. The third-order valence-corrected chi connectivity index (χ3v) is 3.82. The highest BCUT2D eigenvalue weighted by Crippen LogP contribution is 2.18. The Morgan fingerprint density at radius 1 is 1.42 bits per heavy atom. The Labute approximate surface area is 114 Å². The topological polar surface area (TPSA) is 52.6 Å². The summed E-state index contributed by atoms with van der Waals surface area (Å²) in [4.78, 5) is 13.9. The number of aliphatic hydroxyl groups is 1. The van der Waals surface area contributed by atoms with E-state index >= 15 is 0 Å². The Morgan fingerprint density at radius 2 is 2.21 bits per heavy atom. The van der Waals surface area contributed by atoms with Gasteiger partial charge in [0.05, 0.1) is 0 Å². The molecule has 2 amide bonds. The monoisotopic (exact) mass is 262 g/mol. The summed E-state index contributed by atoms with van der Waals surface area (Å²) in [6.07, 6.45) is 1.97. The minimum absolute atomic E-state index is 0.0681. The number of amides is 2. The van der Waals surface area contributed by atoms with Crippen LogP contribution in [-0.4, -0.2) is 35.7 Å². The molecule has 2 N–H and O–H groups in total. The van der Waals surface area contributed by atoms with Gasteiger partial charge in [0.2, 0.25) is 0 Å². The van der Waals surface area contributed by atoms with Crippen molar-refractivity contribution >= 4 is 11.7 Å². The Balaban J connectivity index is 1.98. The van der Waals surface area contributed by atoms with Crippen molar-refractivity contribution in [3.63, 3.8) is 0 Å². The van der Waals surface area contributed by atoms with Crippen LogP contribution >= 0.6 is 0 Å². The fourth-order valence-corrected chi connectivity index (χ4v) is 2.42. The predicted molar refractivity (Wildman–Crippen MR) is 76.3 cm³/mol. The first kappa shape index (κ1) is 13.9. The van der Waals surface area contributed by atoms with E-state index in [0.717, 1.165) is 25.1 Å². The average molecular weight is 262 g/mol. The highest BCUT2D eigenvalue weighted by molar-refractivity contribution is 5.89. The maximum absolute atomic E-state index is 12.2. The normalized spacial score (nSPS) is 19.3. The van der Waals surface area contributed by atoms with Gasteiger partial charge in [0.25, 0.3) is 0 Å². The number of anilines is 1. The lowest BCUT2D eigenvalue weighted by Crippen LogP contribution is -2.43. The fraction of sp³-hybridized carbons (Fsp3) is 0.533. The summed E-state index contributed by atoms with van der Waals surface area (Å²) in [6, 6.07) is 5.85. The van der Waals surface area contributed by atoms with Crippen molar-refractivity contribution in [1.82, 2.24) is 4.90 Å².